The van der Waals surface area contributed by atoms with E-state index in [0.717, 1.165) is 13.1 Å². The molecule has 0 amide bonds. The summed E-state index contributed by atoms with van der Waals surface area (Å²) in [5.74, 6) is 0.232. The van der Waals surface area contributed by atoms with E-state index in [1.807, 2.05) is 39.5 Å². The molecule has 0 atom stereocenters. The minimum absolute atomic E-state index is 0.185. The first kappa shape index (κ1) is 13.6. The maximum Gasteiger partial charge on any atom is 0.341 e. The predicted molar refractivity (Wildman–Crippen MR) is 67.9 cm³/mol. The number of carboxylic acid groups (broad SMARTS) is 1. The fourth-order valence-electron chi connectivity index (χ4n) is 1.65. The van der Waals surface area contributed by atoms with Crippen LogP contribution in [0.3, 0.4) is 0 Å². The van der Waals surface area contributed by atoms with Crippen LogP contribution in [0.25, 0.3) is 0 Å². The van der Waals surface area contributed by atoms with E-state index in [1.165, 1.54) is 0 Å². The van der Waals surface area contributed by atoms with Gasteiger partial charge in [-0.1, -0.05) is 20.8 Å². The lowest BCUT2D eigenvalue weighted by molar-refractivity contribution is 0.0697. The molecule has 0 aliphatic heterocycles. The maximum absolute atomic E-state index is 11.2. The fourth-order valence-corrected chi connectivity index (χ4v) is 1.65. The number of hydrogen-bond donors (Lipinski definition) is 1. The number of carboxylic acids is 1. The van der Waals surface area contributed by atoms with Crippen molar-refractivity contribution in [1.29, 1.82) is 0 Å². The SMILES string of the molecule is CCN(CC)c1oc(C(C)(C)C)cc1C(=O)O. The van der Waals surface area contributed by atoms with Crippen molar-refractivity contribution in [2.24, 2.45) is 0 Å². The number of nitrogens with zero attached hydrogens (tertiary/aromatic N) is 1. The molecule has 1 rings (SSSR count). The molecule has 0 aliphatic rings. The Balaban J connectivity index is 3.28. The summed E-state index contributed by atoms with van der Waals surface area (Å²) in [6.07, 6.45) is 0. The smallest absolute Gasteiger partial charge is 0.341 e. The van der Waals surface area contributed by atoms with Crippen molar-refractivity contribution in [3.8, 4) is 0 Å². The molecule has 17 heavy (non-hydrogen) atoms. The van der Waals surface area contributed by atoms with Crippen molar-refractivity contribution in [2.75, 3.05) is 18.0 Å². The van der Waals surface area contributed by atoms with Gasteiger partial charge in [-0.15, -0.1) is 0 Å². The Labute approximate surface area is 102 Å². The van der Waals surface area contributed by atoms with Gasteiger partial charge in [0.25, 0.3) is 0 Å². The highest BCUT2D eigenvalue weighted by Gasteiger charge is 2.26. The van der Waals surface area contributed by atoms with Gasteiger partial charge in [0.15, 0.2) is 0 Å². The molecule has 0 unspecified atom stereocenters. The zero-order valence-corrected chi connectivity index (χ0v) is 11.2. The predicted octanol–water partition coefficient (Wildman–Crippen LogP) is 3.12. The summed E-state index contributed by atoms with van der Waals surface area (Å²) in [7, 11) is 0. The molecule has 0 saturated carbocycles. The molecule has 4 heteroatoms. The standard InChI is InChI=1S/C13H21NO3/c1-6-14(7-2)11-9(12(15)16)8-10(17-11)13(3,4)5/h8H,6-7H2,1-5H3,(H,15,16). The zero-order chi connectivity index (χ0) is 13.2. The summed E-state index contributed by atoms with van der Waals surface area (Å²) in [6, 6.07) is 1.63. The Bertz CT molecular complexity index is 397. The van der Waals surface area contributed by atoms with E-state index in [9.17, 15) is 9.90 Å². The maximum atomic E-state index is 11.2. The van der Waals surface area contributed by atoms with Gasteiger partial charge in [-0.3, -0.25) is 0 Å². The molecule has 0 aliphatic carbocycles. The molecule has 0 bridgehead atoms. The number of furan rings is 1. The summed E-state index contributed by atoms with van der Waals surface area (Å²) < 4.78 is 5.73. The minimum Gasteiger partial charge on any atom is -0.477 e. The number of rotatable bonds is 4. The lowest BCUT2D eigenvalue weighted by Gasteiger charge is -2.19. The highest BCUT2D eigenvalue weighted by Crippen LogP contribution is 2.32. The Morgan fingerprint density at radius 2 is 1.88 bits per heavy atom. The van der Waals surface area contributed by atoms with Crippen LogP contribution < -0.4 is 4.90 Å². The second-order valence-electron chi connectivity index (χ2n) is 5.06. The largest absolute Gasteiger partial charge is 0.477 e. The van der Waals surface area contributed by atoms with Gasteiger partial charge >= 0.3 is 5.97 Å². The molecule has 1 heterocycles. The van der Waals surface area contributed by atoms with Crippen molar-refractivity contribution in [3.63, 3.8) is 0 Å². The summed E-state index contributed by atoms with van der Waals surface area (Å²) >= 11 is 0. The van der Waals surface area contributed by atoms with Crippen LogP contribution in [-0.4, -0.2) is 24.2 Å². The van der Waals surface area contributed by atoms with Crippen molar-refractivity contribution < 1.29 is 14.3 Å². The van der Waals surface area contributed by atoms with Crippen molar-refractivity contribution in [2.45, 2.75) is 40.0 Å². The Kier molecular flexibility index (Phi) is 3.86. The van der Waals surface area contributed by atoms with Gasteiger partial charge in [0.1, 0.15) is 11.3 Å². The molecule has 1 aromatic heterocycles. The van der Waals surface area contributed by atoms with Crippen molar-refractivity contribution >= 4 is 11.9 Å². The van der Waals surface area contributed by atoms with Gasteiger partial charge in [-0.05, 0) is 19.9 Å². The minimum atomic E-state index is -0.939. The molecule has 0 aromatic carbocycles. The van der Waals surface area contributed by atoms with Crippen LogP contribution in [0, 0.1) is 0 Å². The molecule has 1 aromatic rings. The molecule has 96 valence electrons. The Morgan fingerprint density at radius 1 is 1.35 bits per heavy atom. The highest BCUT2D eigenvalue weighted by atomic mass is 16.4. The molecule has 0 fully saturated rings. The van der Waals surface area contributed by atoms with Gasteiger partial charge in [-0.25, -0.2) is 4.79 Å². The Morgan fingerprint density at radius 3 is 2.24 bits per heavy atom. The van der Waals surface area contributed by atoms with Crippen LogP contribution in [0.2, 0.25) is 0 Å². The van der Waals surface area contributed by atoms with E-state index in [2.05, 4.69) is 0 Å². The van der Waals surface area contributed by atoms with E-state index in [0.29, 0.717) is 11.6 Å². The first-order valence-electron chi connectivity index (χ1n) is 5.93. The third-order valence-corrected chi connectivity index (χ3v) is 2.73. The van der Waals surface area contributed by atoms with Gasteiger partial charge in [0, 0.05) is 18.5 Å². The van der Waals surface area contributed by atoms with E-state index >= 15 is 0 Å². The molecule has 0 saturated heterocycles. The third kappa shape index (κ3) is 2.81. The van der Waals surface area contributed by atoms with Crippen LogP contribution in [0.5, 0.6) is 0 Å². The molecule has 0 spiro atoms. The third-order valence-electron chi connectivity index (χ3n) is 2.73. The molecular weight excluding hydrogens is 218 g/mol. The van der Waals surface area contributed by atoms with Crippen LogP contribution in [0.15, 0.2) is 10.5 Å². The van der Waals surface area contributed by atoms with Crippen LogP contribution in [0.1, 0.15) is 50.7 Å². The van der Waals surface area contributed by atoms with Crippen molar-refractivity contribution in [3.05, 3.63) is 17.4 Å². The quantitative estimate of drug-likeness (QED) is 0.877. The van der Waals surface area contributed by atoms with Gasteiger partial charge in [0.2, 0.25) is 5.88 Å². The number of hydrogen-bond acceptors (Lipinski definition) is 3. The summed E-state index contributed by atoms with van der Waals surface area (Å²) in [5.41, 5.74) is 0.0638. The molecule has 0 radical (unpaired) electrons. The summed E-state index contributed by atoms with van der Waals surface area (Å²) in [4.78, 5) is 13.1. The lowest BCUT2D eigenvalue weighted by Crippen LogP contribution is -2.23. The van der Waals surface area contributed by atoms with E-state index in [-0.39, 0.29) is 11.0 Å². The number of anilines is 1. The first-order valence-corrected chi connectivity index (χ1v) is 5.93. The van der Waals surface area contributed by atoms with Gasteiger partial charge in [0.05, 0.1) is 0 Å². The van der Waals surface area contributed by atoms with Crippen LogP contribution in [0.4, 0.5) is 5.88 Å². The molecular formula is C13H21NO3. The summed E-state index contributed by atoms with van der Waals surface area (Å²) in [5, 5.41) is 9.20. The topological polar surface area (TPSA) is 53.7 Å². The van der Waals surface area contributed by atoms with Crippen LogP contribution >= 0.6 is 0 Å². The van der Waals surface area contributed by atoms with Gasteiger partial charge in [-0.2, -0.15) is 0 Å². The van der Waals surface area contributed by atoms with Gasteiger partial charge < -0.3 is 14.4 Å². The highest BCUT2D eigenvalue weighted by molar-refractivity contribution is 5.93. The first-order chi connectivity index (χ1) is 7.81. The second kappa shape index (κ2) is 4.82. The fraction of sp³-hybridized carbons (Fsp3) is 0.615. The normalized spacial score (nSPS) is 11.6. The average molecular weight is 239 g/mol. The van der Waals surface area contributed by atoms with E-state index in [4.69, 9.17) is 4.42 Å². The lowest BCUT2D eigenvalue weighted by atomic mass is 9.93. The monoisotopic (exact) mass is 239 g/mol. The molecule has 1 N–H and O–H groups in total. The van der Waals surface area contributed by atoms with Crippen molar-refractivity contribution in [1.82, 2.24) is 0 Å². The van der Waals surface area contributed by atoms with E-state index in [1.54, 1.807) is 6.07 Å². The number of aromatic carboxylic acids is 1. The number of carbonyl (C=O) groups is 1. The van der Waals surface area contributed by atoms with Crippen LogP contribution in [-0.2, 0) is 5.41 Å². The average Bonchev–Trinajstić information content (AvgIpc) is 2.64. The zero-order valence-electron chi connectivity index (χ0n) is 11.2. The second-order valence-corrected chi connectivity index (χ2v) is 5.06. The summed E-state index contributed by atoms with van der Waals surface area (Å²) in [6.45, 7) is 11.4. The molecule has 4 nitrogen and oxygen atoms in total. The Hall–Kier alpha value is -1.45. The van der Waals surface area contributed by atoms with E-state index < -0.39 is 5.97 Å².